The molecule has 106 valence electrons. The second-order valence-electron chi connectivity index (χ2n) is 5.47. The van der Waals surface area contributed by atoms with Gasteiger partial charge in [0.05, 0.1) is 0 Å². The molecule has 0 aromatic heterocycles. The molecule has 0 fully saturated rings. The first-order chi connectivity index (χ1) is 10.1. The zero-order valence-corrected chi connectivity index (χ0v) is 12.3. The smallest absolute Gasteiger partial charge is 0.150 e. The molecule has 1 aliphatic heterocycles. The number of aliphatic hydroxyl groups is 1. The zero-order valence-electron chi connectivity index (χ0n) is 12.3. The SMILES string of the molecule is Cc1ccc(C2=CN(c3cccc(C)c3)C(O)C=C2)cc1. The summed E-state index contributed by atoms with van der Waals surface area (Å²) in [5, 5.41) is 10.2. The highest BCUT2D eigenvalue weighted by molar-refractivity contribution is 5.78. The summed E-state index contributed by atoms with van der Waals surface area (Å²) in [6.07, 6.45) is 5.17. The predicted octanol–water partition coefficient (Wildman–Crippen LogP) is 4.04. The number of benzene rings is 2. The maximum Gasteiger partial charge on any atom is 0.150 e. The molecule has 0 spiro atoms. The number of hydrogen-bond acceptors (Lipinski definition) is 2. The molecule has 0 saturated carbocycles. The van der Waals surface area contributed by atoms with Gasteiger partial charge in [-0.1, -0.05) is 48.0 Å². The third-order valence-electron chi connectivity index (χ3n) is 3.70. The Hall–Kier alpha value is -2.32. The minimum absolute atomic E-state index is 0.624. The first kappa shape index (κ1) is 13.7. The normalized spacial score (nSPS) is 17.8. The molecule has 0 radical (unpaired) electrons. The minimum Gasteiger partial charge on any atom is -0.370 e. The van der Waals surface area contributed by atoms with E-state index in [1.807, 2.05) is 35.4 Å². The van der Waals surface area contributed by atoms with Crippen LogP contribution in [0.1, 0.15) is 16.7 Å². The number of aryl methyl sites for hydroxylation is 2. The van der Waals surface area contributed by atoms with Crippen molar-refractivity contribution in [1.29, 1.82) is 0 Å². The lowest BCUT2D eigenvalue weighted by Crippen LogP contribution is -2.30. The van der Waals surface area contributed by atoms with Crippen LogP contribution in [0, 0.1) is 13.8 Å². The molecule has 2 aromatic carbocycles. The van der Waals surface area contributed by atoms with Gasteiger partial charge in [0.15, 0.2) is 0 Å². The van der Waals surface area contributed by atoms with Gasteiger partial charge in [0.1, 0.15) is 6.23 Å². The summed E-state index contributed by atoms with van der Waals surface area (Å²) >= 11 is 0. The molecule has 1 aliphatic rings. The van der Waals surface area contributed by atoms with Crippen molar-refractivity contribution in [2.75, 3.05) is 4.90 Å². The van der Waals surface area contributed by atoms with E-state index in [0.717, 1.165) is 16.8 Å². The van der Waals surface area contributed by atoms with Crippen LogP contribution in [0.5, 0.6) is 0 Å². The van der Waals surface area contributed by atoms with Gasteiger partial charge in [0.2, 0.25) is 0 Å². The lowest BCUT2D eigenvalue weighted by Gasteiger charge is -2.28. The second kappa shape index (κ2) is 5.58. The molecule has 1 heterocycles. The average molecular weight is 277 g/mol. The van der Waals surface area contributed by atoms with Gasteiger partial charge in [-0.05, 0) is 48.8 Å². The van der Waals surface area contributed by atoms with Crippen LogP contribution in [0.25, 0.3) is 5.57 Å². The van der Waals surface area contributed by atoms with Crippen molar-refractivity contribution >= 4 is 11.3 Å². The van der Waals surface area contributed by atoms with Crippen LogP contribution < -0.4 is 4.90 Å². The van der Waals surface area contributed by atoms with E-state index in [0.29, 0.717) is 0 Å². The van der Waals surface area contributed by atoms with Crippen molar-refractivity contribution in [3.63, 3.8) is 0 Å². The standard InChI is InChI=1S/C19H19NO/c1-14-6-8-16(9-7-14)17-10-11-19(21)20(13-17)18-5-3-4-15(2)12-18/h3-13,19,21H,1-2H3. The highest BCUT2D eigenvalue weighted by Crippen LogP contribution is 2.27. The molecule has 0 amide bonds. The first-order valence-electron chi connectivity index (χ1n) is 7.13. The van der Waals surface area contributed by atoms with E-state index in [1.54, 1.807) is 0 Å². The quantitative estimate of drug-likeness (QED) is 0.895. The van der Waals surface area contributed by atoms with Gasteiger partial charge < -0.3 is 10.0 Å². The Morgan fingerprint density at radius 3 is 2.43 bits per heavy atom. The maximum atomic E-state index is 10.2. The summed E-state index contributed by atoms with van der Waals surface area (Å²) in [4.78, 5) is 1.89. The summed E-state index contributed by atoms with van der Waals surface area (Å²) in [5.74, 6) is 0. The molecular formula is C19H19NO. The molecule has 3 rings (SSSR count). The van der Waals surface area contributed by atoms with Gasteiger partial charge in [-0.15, -0.1) is 0 Å². The third-order valence-corrected chi connectivity index (χ3v) is 3.70. The van der Waals surface area contributed by atoms with Crippen LogP contribution in [-0.4, -0.2) is 11.3 Å². The first-order valence-corrected chi connectivity index (χ1v) is 7.13. The zero-order chi connectivity index (χ0) is 14.8. The number of hydrogen-bond donors (Lipinski definition) is 1. The number of anilines is 1. The van der Waals surface area contributed by atoms with Crippen LogP contribution in [0.3, 0.4) is 0 Å². The topological polar surface area (TPSA) is 23.5 Å². The van der Waals surface area contributed by atoms with E-state index in [1.165, 1.54) is 11.1 Å². The van der Waals surface area contributed by atoms with Crippen LogP contribution >= 0.6 is 0 Å². The molecule has 1 unspecified atom stereocenters. The summed E-state index contributed by atoms with van der Waals surface area (Å²) in [5.41, 5.74) is 5.67. The van der Waals surface area contributed by atoms with E-state index < -0.39 is 6.23 Å². The van der Waals surface area contributed by atoms with Gasteiger partial charge in [-0.3, -0.25) is 0 Å². The van der Waals surface area contributed by atoms with Crippen molar-refractivity contribution < 1.29 is 5.11 Å². The number of allylic oxidation sites excluding steroid dienone is 2. The van der Waals surface area contributed by atoms with Crippen LogP contribution in [-0.2, 0) is 0 Å². The van der Waals surface area contributed by atoms with Crippen molar-refractivity contribution in [3.8, 4) is 0 Å². The number of nitrogens with zero attached hydrogens (tertiary/aromatic N) is 1. The number of aliphatic hydroxyl groups excluding tert-OH is 1. The van der Waals surface area contributed by atoms with Gasteiger partial charge in [-0.2, -0.15) is 0 Å². The number of rotatable bonds is 2. The molecule has 2 heteroatoms. The largest absolute Gasteiger partial charge is 0.370 e. The van der Waals surface area contributed by atoms with Crippen molar-refractivity contribution in [2.24, 2.45) is 0 Å². The summed E-state index contributed by atoms with van der Waals surface area (Å²) < 4.78 is 0. The van der Waals surface area contributed by atoms with Crippen molar-refractivity contribution in [3.05, 3.63) is 83.6 Å². The van der Waals surface area contributed by atoms with Gasteiger partial charge in [0.25, 0.3) is 0 Å². The molecular weight excluding hydrogens is 258 g/mol. The van der Waals surface area contributed by atoms with Gasteiger partial charge >= 0.3 is 0 Å². The Kier molecular flexibility index (Phi) is 3.63. The Morgan fingerprint density at radius 2 is 1.71 bits per heavy atom. The lowest BCUT2D eigenvalue weighted by molar-refractivity contribution is 0.227. The monoisotopic (exact) mass is 277 g/mol. The Labute approximate surface area is 125 Å². The molecule has 0 aliphatic carbocycles. The molecule has 21 heavy (non-hydrogen) atoms. The van der Waals surface area contributed by atoms with Gasteiger partial charge in [0, 0.05) is 11.9 Å². The Bertz CT molecular complexity index is 698. The predicted molar refractivity (Wildman–Crippen MR) is 88.0 cm³/mol. The van der Waals surface area contributed by atoms with Crippen LogP contribution in [0.4, 0.5) is 5.69 Å². The highest BCUT2D eigenvalue weighted by atomic mass is 16.3. The molecule has 1 N–H and O–H groups in total. The van der Waals surface area contributed by atoms with Crippen molar-refractivity contribution in [2.45, 2.75) is 20.1 Å². The summed E-state index contributed by atoms with van der Waals surface area (Å²) in [7, 11) is 0. The second-order valence-corrected chi connectivity index (χ2v) is 5.47. The fourth-order valence-electron chi connectivity index (χ4n) is 2.48. The van der Waals surface area contributed by atoms with E-state index >= 15 is 0 Å². The summed E-state index contributed by atoms with van der Waals surface area (Å²) in [6.45, 7) is 4.14. The third kappa shape index (κ3) is 2.91. The van der Waals surface area contributed by atoms with E-state index in [2.05, 4.69) is 50.2 Å². The average Bonchev–Trinajstić information content (AvgIpc) is 2.49. The minimum atomic E-state index is -0.624. The molecule has 2 aromatic rings. The Balaban J connectivity index is 1.97. The van der Waals surface area contributed by atoms with Crippen LogP contribution in [0.15, 0.2) is 66.9 Å². The fraction of sp³-hybridized carbons (Fsp3) is 0.158. The lowest BCUT2D eigenvalue weighted by atomic mass is 10.0. The molecule has 2 nitrogen and oxygen atoms in total. The van der Waals surface area contributed by atoms with Gasteiger partial charge in [-0.25, -0.2) is 0 Å². The Morgan fingerprint density at radius 1 is 0.952 bits per heavy atom. The van der Waals surface area contributed by atoms with Crippen LogP contribution in [0.2, 0.25) is 0 Å². The van der Waals surface area contributed by atoms with E-state index in [-0.39, 0.29) is 0 Å². The molecule has 0 bridgehead atoms. The highest BCUT2D eigenvalue weighted by Gasteiger charge is 2.16. The molecule has 0 saturated heterocycles. The van der Waals surface area contributed by atoms with Crippen molar-refractivity contribution in [1.82, 2.24) is 0 Å². The molecule has 1 atom stereocenters. The van der Waals surface area contributed by atoms with E-state index in [9.17, 15) is 5.11 Å². The summed E-state index contributed by atoms with van der Waals surface area (Å²) in [6, 6.07) is 16.6. The maximum absolute atomic E-state index is 10.2. The van der Waals surface area contributed by atoms with E-state index in [4.69, 9.17) is 0 Å². The fourth-order valence-corrected chi connectivity index (χ4v) is 2.48.